The van der Waals surface area contributed by atoms with Crippen LogP contribution in [-0.2, 0) is 24.8 Å². The first-order valence-corrected chi connectivity index (χ1v) is 16.6. The highest BCUT2D eigenvalue weighted by Gasteiger charge is 2.33. The highest BCUT2D eigenvalue weighted by molar-refractivity contribution is 5.87. The van der Waals surface area contributed by atoms with Gasteiger partial charge in [0.15, 0.2) is 0 Å². The Hall–Kier alpha value is -3.14. The first-order chi connectivity index (χ1) is 20.8. The summed E-state index contributed by atoms with van der Waals surface area (Å²) in [7, 11) is 8.59. The van der Waals surface area contributed by atoms with Gasteiger partial charge in [-0.3, -0.25) is 0 Å². The average Bonchev–Trinajstić information content (AvgIpc) is 3.26. The molecule has 1 heterocycles. The average molecular weight is 576 g/mol. The SMILES string of the molecule is CN(C)CCC=C1c2ccccc2C(C)(C)c2ccccc21.CN(C)CCCn1c2c(c3ccccc31)CCCCCC2. The summed E-state index contributed by atoms with van der Waals surface area (Å²) in [5, 5.41) is 1.51. The molecule has 3 heteroatoms. The Morgan fingerprint density at radius 3 is 1.93 bits per heavy atom. The van der Waals surface area contributed by atoms with E-state index in [1.54, 1.807) is 11.3 Å². The number of benzene rings is 3. The van der Waals surface area contributed by atoms with Gasteiger partial charge in [0.2, 0.25) is 0 Å². The van der Waals surface area contributed by atoms with E-state index in [9.17, 15) is 0 Å². The molecule has 0 spiro atoms. The summed E-state index contributed by atoms with van der Waals surface area (Å²) in [6.45, 7) is 8.08. The van der Waals surface area contributed by atoms with Crippen molar-refractivity contribution in [2.24, 2.45) is 0 Å². The van der Waals surface area contributed by atoms with E-state index in [4.69, 9.17) is 0 Å². The van der Waals surface area contributed by atoms with Crippen LogP contribution >= 0.6 is 0 Å². The van der Waals surface area contributed by atoms with Crippen LogP contribution in [-0.4, -0.2) is 55.6 Å². The molecular weight excluding hydrogens is 522 g/mol. The molecule has 43 heavy (non-hydrogen) atoms. The van der Waals surface area contributed by atoms with E-state index in [2.05, 4.69) is 135 Å². The van der Waals surface area contributed by atoms with Crippen LogP contribution in [0.25, 0.3) is 16.5 Å². The number of rotatable bonds is 7. The molecule has 1 aromatic heterocycles. The van der Waals surface area contributed by atoms with Crippen LogP contribution in [0.5, 0.6) is 0 Å². The lowest BCUT2D eigenvalue weighted by molar-refractivity contribution is 0.386. The van der Waals surface area contributed by atoms with Gasteiger partial charge >= 0.3 is 0 Å². The van der Waals surface area contributed by atoms with Crippen molar-refractivity contribution in [3.8, 4) is 0 Å². The predicted octanol–water partition coefficient (Wildman–Crippen LogP) is 8.96. The second-order valence-corrected chi connectivity index (χ2v) is 13.6. The minimum Gasteiger partial charge on any atom is -0.344 e. The summed E-state index contributed by atoms with van der Waals surface area (Å²) in [5.74, 6) is 0. The van der Waals surface area contributed by atoms with Gasteiger partial charge in [0.25, 0.3) is 0 Å². The van der Waals surface area contributed by atoms with E-state index in [1.807, 2.05) is 0 Å². The lowest BCUT2D eigenvalue weighted by atomic mass is 9.67. The zero-order chi connectivity index (χ0) is 30.4. The van der Waals surface area contributed by atoms with Gasteiger partial charge in [0.1, 0.15) is 0 Å². The fourth-order valence-corrected chi connectivity index (χ4v) is 7.24. The van der Waals surface area contributed by atoms with Crippen LogP contribution in [0.4, 0.5) is 0 Å². The summed E-state index contributed by atoms with van der Waals surface area (Å²) >= 11 is 0. The first kappa shape index (κ1) is 31.3. The second-order valence-electron chi connectivity index (χ2n) is 13.6. The normalized spacial score (nSPS) is 15.7. The lowest BCUT2D eigenvalue weighted by Gasteiger charge is -2.36. The van der Waals surface area contributed by atoms with Crippen LogP contribution in [0.15, 0.2) is 78.9 Å². The molecule has 228 valence electrons. The molecule has 0 radical (unpaired) electrons. The maximum Gasteiger partial charge on any atom is 0.0485 e. The van der Waals surface area contributed by atoms with E-state index in [1.165, 1.54) is 90.2 Å². The van der Waals surface area contributed by atoms with E-state index >= 15 is 0 Å². The van der Waals surface area contributed by atoms with Gasteiger partial charge in [-0.15, -0.1) is 0 Å². The third-order valence-electron chi connectivity index (χ3n) is 9.48. The molecule has 6 rings (SSSR count). The Balaban J connectivity index is 0.000000171. The Kier molecular flexibility index (Phi) is 10.3. The van der Waals surface area contributed by atoms with Crippen molar-refractivity contribution in [3.05, 3.63) is 112 Å². The molecule has 2 aliphatic rings. The summed E-state index contributed by atoms with van der Waals surface area (Å²) in [5.41, 5.74) is 11.9. The summed E-state index contributed by atoms with van der Waals surface area (Å²) in [6.07, 6.45) is 12.8. The number of hydrogen-bond donors (Lipinski definition) is 0. The van der Waals surface area contributed by atoms with Gasteiger partial charge in [0, 0.05) is 35.1 Å². The molecule has 0 unspecified atom stereocenters. The van der Waals surface area contributed by atoms with E-state index in [-0.39, 0.29) is 5.41 Å². The molecule has 0 aliphatic heterocycles. The zero-order valence-electron chi connectivity index (χ0n) is 27.6. The quantitative estimate of drug-likeness (QED) is 0.218. The summed E-state index contributed by atoms with van der Waals surface area (Å²) < 4.78 is 2.62. The number of aromatic nitrogens is 1. The van der Waals surface area contributed by atoms with Crippen molar-refractivity contribution >= 4 is 16.5 Å². The fourth-order valence-electron chi connectivity index (χ4n) is 7.24. The van der Waals surface area contributed by atoms with Crippen LogP contribution in [0.1, 0.15) is 85.9 Å². The van der Waals surface area contributed by atoms with E-state index in [0.717, 1.165) is 19.5 Å². The zero-order valence-corrected chi connectivity index (χ0v) is 27.6. The van der Waals surface area contributed by atoms with Crippen LogP contribution in [0.2, 0.25) is 0 Å². The van der Waals surface area contributed by atoms with Crippen molar-refractivity contribution in [1.29, 1.82) is 0 Å². The third kappa shape index (κ3) is 7.00. The molecule has 3 aromatic carbocycles. The van der Waals surface area contributed by atoms with Gasteiger partial charge in [-0.2, -0.15) is 0 Å². The van der Waals surface area contributed by atoms with E-state index in [0.29, 0.717) is 0 Å². The third-order valence-corrected chi connectivity index (χ3v) is 9.48. The molecule has 0 saturated carbocycles. The highest BCUT2D eigenvalue weighted by atomic mass is 15.1. The molecule has 4 aromatic rings. The molecule has 0 saturated heterocycles. The molecule has 0 atom stereocenters. The fraction of sp³-hybridized carbons (Fsp3) is 0.450. The number of hydrogen-bond acceptors (Lipinski definition) is 2. The van der Waals surface area contributed by atoms with E-state index < -0.39 is 0 Å². The molecular formula is C40H53N3. The van der Waals surface area contributed by atoms with Crippen LogP contribution in [0.3, 0.4) is 0 Å². The first-order valence-electron chi connectivity index (χ1n) is 16.6. The Labute approximate surface area is 261 Å². The van der Waals surface area contributed by atoms with Crippen LogP contribution < -0.4 is 0 Å². The predicted molar refractivity (Wildman–Crippen MR) is 186 cm³/mol. The second kappa shape index (κ2) is 14.1. The smallest absolute Gasteiger partial charge is 0.0485 e. The largest absolute Gasteiger partial charge is 0.344 e. The Morgan fingerprint density at radius 2 is 1.28 bits per heavy atom. The molecule has 0 amide bonds. The van der Waals surface area contributed by atoms with Crippen molar-refractivity contribution in [2.75, 3.05) is 41.3 Å². The standard InChI is InChI=1S/C21H25N.C19H28N2/c1-21(2)19-13-7-5-10-17(19)16(12-9-15-22(3)4)18-11-6-8-14-20(18)21;1-20(2)14-9-15-21-18-12-6-4-3-5-10-16(18)17-11-7-8-13-19(17)21/h5-8,10-14H,9,15H2,1-4H3;7-8,11,13H,3-6,9-10,12,14-15H2,1-2H3. The van der Waals surface area contributed by atoms with Gasteiger partial charge < -0.3 is 14.4 Å². The van der Waals surface area contributed by atoms with Gasteiger partial charge in [-0.05, 0) is 113 Å². The van der Waals surface area contributed by atoms with Gasteiger partial charge in [-0.1, -0.05) is 99.5 Å². The Morgan fingerprint density at radius 1 is 0.698 bits per heavy atom. The topological polar surface area (TPSA) is 11.4 Å². The lowest BCUT2D eigenvalue weighted by Crippen LogP contribution is -2.26. The maximum atomic E-state index is 2.62. The van der Waals surface area contributed by atoms with Crippen LogP contribution in [0, 0.1) is 0 Å². The number of para-hydroxylation sites is 1. The van der Waals surface area contributed by atoms with Crippen molar-refractivity contribution in [1.82, 2.24) is 14.4 Å². The van der Waals surface area contributed by atoms with Crippen molar-refractivity contribution in [3.63, 3.8) is 0 Å². The van der Waals surface area contributed by atoms with Gasteiger partial charge in [-0.25, -0.2) is 0 Å². The summed E-state index contributed by atoms with van der Waals surface area (Å²) in [4.78, 5) is 4.52. The van der Waals surface area contributed by atoms with Crippen molar-refractivity contribution in [2.45, 2.75) is 77.2 Å². The molecule has 2 aliphatic carbocycles. The molecule has 3 nitrogen and oxygen atoms in total. The molecule has 0 bridgehead atoms. The maximum absolute atomic E-state index is 2.62. The number of fused-ring (bicyclic) bond motifs is 5. The van der Waals surface area contributed by atoms with Gasteiger partial charge in [0.05, 0.1) is 0 Å². The molecule has 0 N–H and O–H groups in total. The number of aryl methyl sites for hydroxylation is 2. The minimum atomic E-state index is 0.0616. The molecule has 0 fully saturated rings. The summed E-state index contributed by atoms with van der Waals surface area (Å²) in [6, 6.07) is 26.8. The monoisotopic (exact) mass is 575 g/mol. The number of nitrogens with zero attached hydrogens (tertiary/aromatic N) is 3. The van der Waals surface area contributed by atoms with Crippen molar-refractivity contribution < 1.29 is 0 Å². The minimum absolute atomic E-state index is 0.0616. The Bertz CT molecular complexity index is 1480. The highest BCUT2D eigenvalue weighted by Crippen LogP contribution is 2.46.